The Labute approximate surface area is 137 Å². The van der Waals surface area contributed by atoms with E-state index in [1.54, 1.807) is 4.57 Å². The molecule has 3 aromatic heterocycles. The van der Waals surface area contributed by atoms with Crippen LogP contribution in [0, 0.1) is 0 Å². The molecule has 0 aliphatic heterocycles. The van der Waals surface area contributed by atoms with Gasteiger partial charge in [-0.3, -0.25) is 18.6 Å². The molecular formula is C15H19N5O2S. The first-order valence-corrected chi connectivity index (χ1v) is 8.54. The van der Waals surface area contributed by atoms with Crippen molar-refractivity contribution in [1.82, 2.24) is 24.5 Å². The number of carbonyl (C=O) groups is 1. The highest BCUT2D eigenvalue weighted by atomic mass is 32.1. The van der Waals surface area contributed by atoms with Gasteiger partial charge in [0, 0.05) is 25.4 Å². The summed E-state index contributed by atoms with van der Waals surface area (Å²) >= 11 is 1.41. The molecule has 0 fully saturated rings. The largest absolute Gasteiger partial charge is 0.354 e. The van der Waals surface area contributed by atoms with E-state index in [9.17, 15) is 9.59 Å². The van der Waals surface area contributed by atoms with Crippen molar-refractivity contribution in [3.63, 3.8) is 0 Å². The van der Waals surface area contributed by atoms with Gasteiger partial charge < -0.3 is 5.32 Å². The number of nitrogens with one attached hydrogen (secondary N) is 1. The van der Waals surface area contributed by atoms with Crippen molar-refractivity contribution < 1.29 is 4.79 Å². The number of hydrogen-bond acceptors (Lipinski definition) is 5. The number of carbonyl (C=O) groups excluding carboxylic acids is 1. The number of aromatic nitrogens is 4. The van der Waals surface area contributed by atoms with Crippen LogP contribution in [0.25, 0.3) is 16.0 Å². The van der Waals surface area contributed by atoms with Gasteiger partial charge in [-0.25, -0.2) is 0 Å². The molecule has 8 heteroatoms. The van der Waals surface area contributed by atoms with Crippen LogP contribution >= 0.6 is 11.3 Å². The van der Waals surface area contributed by atoms with Gasteiger partial charge in [-0.1, -0.05) is 0 Å². The smallest absolute Gasteiger partial charge is 0.272 e. The minimum absolute atomic E-state index is 0.0119. The zero-order valence-corrected chi connectivity index (χ0v) is 14.2. The summed E-state index contributed by atoms with van der Waals surface area (Å²) in [4.78, 5) is 24.3. The molecule has 1 N–H and O–H groups in total. The molecule has 0 saturated carbocycles. The number of fused-ring (bicyclic) bond motifs is 3. The van der Waals surface area contributed by atoms with Crippen molar-refractivity contribution in [3.8, 4) is 0 Å². The Kier molecular flexibility index (Phi) is 4.16. The fraction of sp³-hybridized carbons (Fsp3) is 0.467. The fourth-order valence-electron chi connectivity index (χ4n) is 2.65. The lowest BCUT2D eigenvalue weighted by molar-refractivity contribution is -0.121. The molecule has 0 aliphatic carbocycles. The van der Waals surface area contributed by atoms with E-state index in [-0.39, 0.29) is 17.5 Å². The first-order valence-electron chi connectivity index (χ1n) is 7.66. The molecule has 0 saturated heterocycles. The summed E-state index contributed by atoms with van der Waals surface area (Å²) in [6.45, 7) is 6.30. The molecule has 122 valence electrons. The number of amides is 1. The maximum absolute atomic E-state index is 12.5. The zero-order valence-electron chi connectivity index (χ0n) is 13.4. The summed E-state index contributed by atoms with van der Waals surface area (Å²) in [6.07, 6.45) is 0.822. The Bertz CT molecular complexity index is 921. The van der Waals surface area contributed by atoms with Gasteiger partial charge >= 0.3 is 0 Å². The van der Waals surface area contributed by atoms with Crippen molar-refractivity contribution in [2.75, 3.05) is 0 Å². The fourth-order valence-corrected chi connectivity index (χ4v) is 3.47. The maximum Gasteiger partial charge on any atom is 0.272 e. The Hall–Kier alpha value is -2.22. The normalized spacial score (nSPS) is 11.7. The van der Waals surface area contributed by atoms with Gasteiger partial charge in [-0.15, -0.1) is 21.5 Å². The summed E-state index contributed by atoms with van der Waals surface area (Å²) < 4.78 is 4.19. The third kappa shape index (κ3) is 2.74. The van der Waals surface area contributed by atoms with Gasteiger partial charge in [0.15, 0.2) is 0 Å². The summed E-state index contributed by atoms with van der Waals surface area (Å²) in [6, 6.07) is 2.02. The van der Waals surface area contributed by atoms with Crippen LogP contribution < -0.4 is 10.9 Å². The van der Waals surface area contributed by atoms with Gasteiger partial charge in [-0.2, -0.15) is 0 Å². The first-order chi connectivity index (χ1) is 11.0. The summed E-state index contributed by atoms with van der Waals surface area (Å²) in [5.74, 6) is 1.22. The molecule has 3 rings (SSSR count). The Morgan fingerprint density at radius 1 is 1.39 bits per heavy atom. The number of aryl methyl sites for hydroxylation is 2. The SMILES string of the molecule is CCn1c(=O)c2sccc2n2c(CCC(=O)NC(C)C)nnc12. The van der Waals surface area contributed by atoms with Crippen molar-refractivity contribution in [3.05, 3.63) is 27.6 Å². The quantitative estimate of drug-likeness (QED) is 0.769. The van der Waals surface area contributed by atoms with E-state index in [1.807, 2.05) is 36.6 Å². The predicted octanol–water partition coefficient (Wildman–Crippen LogP) is 1.58. The van der Waals surface area contributed by atoms with Crippen molar-refractivity contribution in [2.24, 2.45) is 0 Å². The standard InChI is InChI=1S/C15H19N5O2S/c1-4-19-14(22)13-10(7-8-23-13)20-11(17-18-15(19)20)5-6-12(21)16-9(2)3/h7-9H,4-6H2,1-3H3,(H,16,21). The summed E-state index contributed by atoms with van der Waals surface area (Å²) in [5, 5.41) is 13.1. The van der Waals surface area contributed by atoms with Gasteiger partial charge in [0.25, 0.3) is 5.56 Å². The van der Waals surface area contributed by atoms with Gasteiger partial charge in [0.1, 0.15) is 10.5 Å². The number of hydrogen-bond donors (Lipinski definition) is 1. The zero-order chi connectivity index (χ0) is 16.6. The third-order valence-electron chi connectivity index (χ3n) is 3.62. The molecule has 1 amide bonds. The highest BCUT2D eigenvalue weighted by molar-refractivity contribution is 7.17. The van der Waals surface area contributed by atoms with Crippen LogP contribution in [-0.4, -0.2) is 31.1 Å². The van der Waals surface area contributed by atoms with Gasteiger partial charge in [0.2, 0.25) is 11.7 Å². The van der Waals surface area contributed by atoms with E-state index in [4.69, 9.17) is 0 Å². The molecule has 0 aliphatic rings. The van der Waals surface area contributed by atoms with Crippen LogP contribution in [0.3, 0.4) is 0 Å². The van der Waals surface area contributed by atoms with E-state index in [2.05, 4.69) is 15.5 Å². The van der Waals surface area contributed by atoms with Crippen LogP contribution in [0.5, 0.6) is 0 Å². The number of nitrogens with zero attached hydrogens (tertiary/aromatic N) is 4. The average molecular weight is 333 g/mol. The monoisotopic (exact) mass is 333 g/mol. The molecule has 0 bridgehead atoms. The molecular weight excluding hydrogens is 314 g/mol. The second kappa shape index (κ2) is 6.11. The average Bonchev–Trinajstić information content (AvgIpc) is 3.11. The molecule has 0 spiro atoms. The highest BCUT2D eigenvalue weighted by Gasteiger charge is 2.17. The second-order valence-electron chi connectivity index (χ2n) is 5.66. The van der Waals surface area contributed by atoms with E-state index < -0.39 is 0 Å². The number of thiophene rings is 1. The third-order valence-corrected chi connectivity index (χ3v) is 4.51. The molecule has 0 atom stereocenters. The minimum atomic E-state index is -0.0403. The van der Waals surface area contributed by atoms with Crippen LogP contribution in [-0.2, 0) is 17.8 Å². The summed E-state index contributed by atoms with van der Waals surface area (Å²) in [5.41, 5.74) is 0.769. The van der Waals surface area contributed by atoms with Crippen LogP contribution in [0.2, 0.25) is 0 Å². The van der Waals surface area contributed by atoms with Crippen LogP contribution in [0.1, 0.15) is 33.0 Å². The molecule has 23 heavy (non-hydrogen) atoms. The lowest BCUT2D eigenvalue weighted by Gasteiger charge is -2.08. The topological polar surface area (TPSA) is 81.3 Å². The van der Waals surface area contributed by atoms with Crippen molar-refractivity contribution in [1.29, 1.82) is 0 Å². The summed E-state index contributed by atoms with van der Waals surface area (Å²) in [7, 11) is 0. The van der Waals surface area contributed by atoms with Crippen molar-refractivity contribution in [2.45, 2.75) is 46.2 Å². The second-order valence-corrected chi connectivity index (χ2v) is 6.57. The first kappa shape index (κ1) is 15.7. The van der Waals surface area contributed by atoms with Crippen LogP contribution in [0.4, 0.5) is 0 Å². The van der Waals surface area contributed by atoms with E-state index in [1.165, 1.54) is 11.3 Å². The van der Waals surface area contributed by atoms with Crippen molar-refractivity contribution >= 4 is 33.2 Å². The molecule has 0 radical (unpaired) electrons. The lowest BCUT2D eigenvalue weighted by atomic mass is 10.2. The van der Waals surface area contributed by atoms with Gasteiger partial charge in [-0.05, 0) is 32.2 Å². The Balaban J connectivity index is 2.04. The maximum atomic E-state index is 12.5. The predicted molar refractivity (Wildman–Crippen MR) is 89.9 cm³/mol. The molecule has 0 unspecified atom stereocenters. The Morgan fingerprint density at radius 2 is 2.17 bits per heavy atom. The van der Waals surface area contributed by atoms with E-state index in [0.717, 1.165) is 5.52 Å². The van der Waals surface area contributed by atoms with E-state index >= 15 is 0 Å². The molecule has 3 aromatic rings. The molecule has 0 aromatic carbocycles. The number of rotatable bonds is 5. The Morgan fingerprint density at radius 3 is 2.87 bits per heavy atom. The molecule has 7 nitrogen and oxygen atoms in total. The lowest BCUT2D eigenvalue weighted by Crippen LogP contribution is -2.30. The molecule has 3 heterocycles. The van der Waals surface area contributed by atoms with Crippen LogP contribution in [0.15, 0.2) is 16.2 Å². The van der Waals surface area contributed by atoms with Gasteiger partial charge in [0.05, 0.1) is 5.52 Å². The van der Waals surface area contributed by atoms with E-state index in [0.29, 0.717) is 35.7 Å². The minimum Gasteiger partial charge on any atom is -0.354 e. The highest BCUT2D eigenvalue weighted by Crippen LogP contribution is 2.20.